The Balaban J connectivity index is 2.28. The quantitative estimate of drug-likeness (QED) is 0.578. The predicted octanol–water partition coefficient (Wildman–Crippen LogP) is 0.690. The van der Waals surface area contributed by atoms with Gasteiger partial charge >= 0.3 is 0 Å². The van der Waals surface area contributed by atoms with Crippen LogP contribution in [0.2, 0.25) is 0 Å². The van der Waals surface area contributed by atoms with E-state index < -0.39 is 0 Å². The normalized spacial score (nSPS) is 40.1. The number of hydrogen-bond acceptors (Lipinski definition) is 3. The van der Waals surface area contributed by atoms with Gasteiger partial charge in [0.15, 0.2) is 5.78 Å². The van der Waals surface area contributed by atoms with E-state index in [-0.39, 0.29) is 17.5 Å². The van der Waals surface area contributed by atoms with Gasteiger partial charge < -0.3 is 9.47 Å². The highest BCUT2D eigenvalue weighted by Gasteiger charge is 2.45. The third kappa shape index (κ3) is 1.01. The van der Waals surface area contributed by atoms with Gasteiger partial charge in [-0.15, -0.1) is 0 Å². The summed E-state index contributed by atoms with van der Waals surface area (Å²) in [6, 6.07) is 0. The van der Waals surface area contributed by atoms with E-state index in [4.69, 9.17) is 9.47 Å². The SMILES string of the molecule is CO[C@@]12C=CC(=O)C[C@@H]1OCC2. The molecule has 1 heterocycles. The zero-order valence-electron chi connectivity index (χ0n) is 7.08. The number of carbonyl (C=O) groups excluding carboxylic acids is 1. The van der Waals surface area contributed by atoms with Gasteiger partial charge in [0.25, 0.3) is 0 Å². The summed E-state index contributed by atoms with van der Waals surface area (Å²) >= 11 is 0. The van der Waals surface area contributed by atoms with Crippen LogP contribution in [0.25, 0.3) is 0 Å². The maximum absolute atomic E-state index is 11.0. The van der Waals surface area contributed by atoms with Gasteiger partial charge in [0.05, 0.1) is 12.7 Å². The average Bonchev–Trinajstić information content (AvgIpc) is 2.48. The summed E-state index contributed by atoms with van der Waals surface area (Å²) in [7, 11) is 1.67. The first-order valence-electron chi connectivity index (χ1n) is 4.16. The van der Waals surface area contributed by atoms with Crippen LogP contribution in [0.1, 0.15) is 12.8 Å². The molecule has 1 fully saturated rings. The fraction of sp³-hybridized carbons (Fsp3) is 0.667. The fourth-order valence-electron chi connectivity index (χ4n) is 1.87. The van der Waals surface area contributed by atoms with Crippen molar-refractivity contribution < 1.29 is 14.3 Å². The van der Waals surface area contributed by atoms with Crippen molar-refractivity contribution >= 4 is 5.78 Å². The predicted molar refractivity (Wildman–Crippen MR) is 42.9 cm³/mol. The third-order valence-corrected chi connectivity index (χ3v) is 2.67. The highest BCUT2D eigenvalue weighted by Crippen LogP contribution is 2.35. The first-order valence-corrected chi connectivity index (χ1v) is 4.16. The van der Waals surface area contributed by atoms with E-state index in [1.807, 2.05) is 6.08 Å². The van der Waals surface area contributed by atoms with Crippen LogP contribution in [0, 0.1) is 0 Å². The van der Waals surface area contributed by atoms with Crippen molar-refractivity contribution in [2.45, 2.75) is 24.5 Å². The molecular formula is C9H12O3. The zero-order chi connectivity index (χ0) is 8.60. The number of rotatable bonds is 1. The molecule has 3 nitrogen and oxygen atoms in total. The van der Waals surface area contributed by atoms with Crippen LogP contribution in [0.3, 0.4) is 0 Å². The highest BCUT2D eigenvalue weighted by molar-refractivity contribution is 5.91. The number of hydrogen-bond donors (Lipinski definition) is 0. The molecule has 0 unspecified atom stereocenters. The number of allylic oxidation sites excluding steroid dienone is 1. The minimum Gasteiger partial charge on any atom is -0.374 e. The van der Waals surface area contributed by atoms with Crippen molar-refractivity contribution in [1.82, 2.24) is 0 Å². The molecule has 0 aromatic rings. The van der Waals surface area contributed by atoms with Gasteiger partial charge in [0.2, 0.25) is 0 Å². The topological polar surface area (TPSA) is 35.5 Å². The lowest BCUT2D eigenvalue weighted by molar-refractivity contribution is -0.121. The minimum absolute atomic E-state index is 0.0556. The molecule has 66 valence electrons. The van der Waals surface area contributed by atoms with E-state index in [9.17, 15) is 4.79 Å². The second-order valence-corrected chi connectivity index (χ2v) is 3.27. The van der Waals surface area contributed by atoms with Gasteiger partial charge in [-0.1, -0.05) is 0 Å². The molecule has 2 aliphatic rings. The second-order valence-electron chi connectivity index (χ2n) is 3.27. The van der Waals surface area contributed by atoms with Crippen LogP contribution in [0.4, 0.5) is 0 Å². The van der Waals surface area contributed by atoms with E-state index >= 15 is 0 Å². The first kappa shape index (κ1) is 7.95. The van der Waals surface area contributed by atoms with Gasteiger partial charge in [0, 0.05) is 20.0 Å². The van der Waals surface area contributed by atoms with Crippen LogP contribution in [-0.2, 0) is 14.3 Å². The van der Waals surface area contributed by atoms with Gasteiger partial charge in [-0.2, -0.15) is 0 Å². The van der Waals surface area contributed by atoms with Crippen molar-refractivity contribution in [2.24, 2.45) is 0 Å². The highest BCUT2D eigenvalue weighted by atomic mass is 16.6. The maximum atomic E-state index is 11.0. The monoisotopic (exact) mass is 168 g/mol. The minimum atomic E-state index is -0.312. The van der Waals surface area contributed by atoms with Gasteiger partial charge in [-0.3, -0.25) is 4.79 Å². The third-order valence-electron chi connectivity index (χ3n) is 2.67. The van der Waals surface area contributed by atoms with Gasteiger partial charge in [0.1, 0.15) is 5.60 Å². The van der Waals surface area contributed by atoms with Crippen LogP contribution in [-0.4, -0.2) is 31.2 Å². The number of carbonyl (C=O) groups is 1. The molecule has 1 aliphatic carbocycles. The molecule has 1 aliphatic heterocycles. The van der Waals surface area contributed by atoms with E-state index in [0.29, 0.717) is 13.0 Å². The maximum Gasteiger partial charge on any atom is 0.158 e. The Morgan fingerprint density at radius 2 is 2.58 bits per heavy atom. The average molecular weight is 168 g/mol. The molecule has 0 spiro atoms. The molecule has 0 aromatic heterocycles. The molecule has 2 rings (SSSR count). The molecule has 0 bridgehead atoms. The summed E-state index contributed by atoms with van der Waals surface area (Å²) < 4.78 is 10.8. The fourth-order valence-corrected chi connectivity index (χ4v) is 1.87. The molecule has 0 amide bonds. The molecule has 0 aromatic carbocycles. The Kier molecular flexibility index (Phi) is 1.77. The van der Waals surface area contributed by atoms with Gasteiger partial charge in [-0.05, 0) is 12.2 Å². The summed E-state index contributed by atoms with van der Waals surface area (Å²) in [4.78, 5) is 11.0. The molecule has 1 saturated heterocycles. The summed E-state index contributed by atoms with van der Waals surface area (Å²) in [6.07, 6.45) is 4.72. The van der Waals surface area contributed by atoms with Gasteiger partial charge in [-0.25, -0.2) is 0 Å². The Morgan fingerprint density at radius 3 is 3.33 bits per heavy atom. The molecule has 3 heteroatoms. The van der Waals surface area contributed by atoms with E-state index in [1.165, 1.54) is 0 Å². The Morgan fingerprint density at radius 1 is 1.75 bits per heavy atom. The van der Waals surface area contributed by atoms with Crippen LogP contribution < -0.4 is 0 Å². The standard InChI is InChI=1S/C9H12O3/c1-11-9-3-2-7(10)6-8(9)12-5-4-9/h2-3,8H,4-6H2,1H3/t8-,9+/m0/s1. The first-order chi connectivity index (χ1) is 5.77. The lowest BCUT2D eigenvalue weighted by Crippen LogP contribution is -2.42. The summed E-state index contributed by atoms with van der Waals surface area (Å²) in [5, 5.41) is 0. The number of fused-ring (bicyclic) bond motifs is 1. The van der Waals surface area contributed by atoms with Crippen LogP contribution in [0.5, 0.6) is 0 Å². The zero-order valence-corrected chi connectivity index (χ0v) is 7.08. The largest absolute Gasteiger partial charge is 0.374 e. The Labute approximate surface area is 71.3 Å². The molecule has 0 N–H and O–H groups in total. The van der Waals surface area contributed by atoms with Crippen molar-refractivity contribution in [3.05, 3.63) is 12.2 Å². The van der Waals surface area contributed by atoms with Crippen molar-refractivity contribution in [1.29, 1.82) is 0 Å². The molecule has 0 radical (unpaired) electrons. The number of methoxy groups -OCH3 is 1. The van der Waals surface area contributed by atoms with Crippen LogP contribution >= 0.6 is 0 Å². The molecule has 12 heavy (non-hydrogen) atoms. The lowest BCUT2D eigenvalue weighted by Gasteiger charge is -2.31. The molecular weight excluding hydrogens is 156 g/mol. The Hall–Kier alpha value is -0.670. The van der Waals surface area contributed by atoms with E-state index in [1.54, 1.807) is 13.2 Å². The van der Waals surface area contributed by atoms with E-state index in [0.717, 1.165) is 6.42 Å². The number of ether oxygens (including phenoxy) is 2. The summed E-state index contributed by atoms with van der Waals surface area (Å²) in [5.41, 5.74) is -0.312. The van der Waals surface area contributed by atoms with Crippen LogP contribution in [0.15, 0.2) is 12.2 Å². The summed E-state index contributed by atoms with van der Waals surface area (Å²) in [6.45, 7) is 0.691. The van der Waals surface area contributed by atoms with Crippen molar-refractivity contribution in [2.75, 3.05) is 13.7 Å². The van der Waals surface area contributed by atoms with Crippen molar-refractivity contribution in [3.8, 4) is 0 Å². The number of ketones is 1. The Bertz CT molecular complexity index is 234. The van der Waals surface area contributed by atoms with E-state index in [2.05, 4.69) is 0 Å². The summed E-state index contributed by atoms with van der Waals surface area (Å²) in [5.74, 6) is 0.134. The smallest absolute Gasteiger partial charge is 0.158 e. The van der Waals surface area contributed by atoms with Crippen molar-refractivity contribution in [3.63, 3.8) is 0 Å². The molecule has 0 saturated carbocycles. The molecule has 2 atom stereocenters. The lowest BCUT2D eigenvalue weighted by atomic mass is 9.87. The second kappa shape index (κ2) is 2.68.